The number of esters is 1. The van der Waals surface area contributed by atoms with Crippen LogP contribution in [0, 0.1) is 0 Å². The lowest BCUT2D eigenvalue weighted by Crippen LogP contribution is -2.25. The van der Waals surface area contributed by atoms with Crippen LogP contribution in [-0.4, -0.2) is 41.6 Å². The van der Waals surface area contributed by atoms with Gasteiger partial charge in [0.25, 0.3) is 0 Å². The van der Waals surface area contributed by atoms with Gasteiger partial charge in [0.1, 0.15) is 10.1 Å². The van der Waals surface area contributed by atoms with Gasteiger partial charge in [0.15, 0.2) is 6.10 Å². The maximum Gasteiger partial charge on any atom is 0.339 e. The van der Waals surface area contributed by atoms with Crippen molar-refractivity contribution >= 4 is 39.7 Å². The summed E-state index contributed by atoms with van der Waals surface area (Å²) < 4.78 is 11.6. The zero-order valence-corrected chi connectivity index (χ0v) is 17.3. The van der Waals surface area contributed by atoms with Gasteiger partial charge in [-0.05, 0) is 42.8 Å². The number of nitrogens with zero attached hydrogens (tertiary/aromatic N) is 1. The number of aliphatic imine (C=N–C) groups is 1. The summed E-state index contributed by atoms with van der Waals surface area (Å²) >= 11 is 3.35. The van der Waals surface area contributed by atoms with Crippen molar-refractivity contribution in [1.82, 2.24) is 0 Å². The Kier molecular flexibility index (Phi) is 7.17. The normalized spacial score (nSPS) is 14.3. The average molecular weight is 416 g/mol. The lowest BCUT2D eigenvalue weighted by atomic mass is 10.1. The molecule has 146 valence electrons. The minimum Gasteiger partial charge on any atom is -0.497 e. The van der Waals surface area contributed by atoms with Gasteiger partial charge in [-0.3, -0.25) is 9.79 Å². The van der Waals surface area contributed by atoms with E-state index in [1.807, 2.05) is 12.1 Å². The first-order chi connectivity index (χ1) is 13.6. The van der Waals surface area contributed by atoms with Gasteiger partial charge in [0.05, 0.1) is 19.2 Å². The Balaban J connectivity index is 1.65. The highest BCUT2D eigenvalue weighted by Gasteiger charge is 2.22. The van der Waals surface area contributed by atoms with E-state index >= 15 is 0 Å². The molecule has 0 unspecified atom stereocenters. The van der Waals surface area contributed by atoms with Gasteiger partial charge in [-0.15, -0.1) is 0 Å². The molecule has 28 heavy (non-hydrogen) atoms. The minimum absolute atomic E-state index is 0.250. The Morgan fingerprint density at radius 2 is 1.93 bits per heavy atom. The topological polar surface area (TPSA) is 65.0 Å². The molecule has 7 heteroatoms. The number of hydrogen-bond donors (Lipinski definition) is 0. The molecule has 1 aliphatic heterocycles. The van der Waals surface area contributed by atoms with E-state index in [0.29, 0.717) is 22.6 Å². The van der Waals surface area contributed by atoms with Crippen molar-refractivity contribution in [3.05, 3.63) is 65.2 Å². The molecule has 3 rings (SSSR count). The quantitative estimate of drug-likeness (QED) is 0.491. The molecule has 0 fully saturated rings. The van der Waals surface area contributed by atoms with E-state index in [4.69, 9.17) is 9.47 Å². The average Bonchev–Trinajstić information content (AvgIpc) is 3.25. The Morgan fingerprint density at radius 1 is 1.18 bits per heavy atom. The molecule has 1 atom stereocenters. The SMILES string of the molecule is COc1ccc(C(=O)[C@@H](C)OC(=O)c2ccccc2CSC2=NCCS2)cc1. The molecule has 1 heterocycles. The first kappa shape index (κ1) is 20.5. The van der Waals surface area contributed by atoms with Crippen LogP contribution in [0.4, 0.5) is 0 Å². The monoisotopic (exact) mass is 415 g/mol. The van der Waals surface area contributed by atoms with E-state index in [-0.39, 0.29) is 5.78 Å². The number of Topliss-reactive ketones (excluding diaryl/α,β-unsaturated/α-hetero) is 1. The molecule has 0 saturated heterocycles. The Bertz CT molecular complexity index is 880. The lowest BCUT2D eigenvalue weighted by molar-refractivity contribution is 0.0318. The molecule has 2 aromatic carbocycles. The summed E-state index contributed by atoms with van der Waals surface area (Å²) in [5, 5.41) is 0. The number of ether oxygens (including phenoxy) is 2. The van der Waals surface area contributed by atoms with Gasteiger partial charge < -0.3 is 9.47 Å². The number of rotatable bonds is 7. The summed E-state index contributed by atoms with van der Waals surface area (Å²) in [6, 6.07) is 14.1. The number of methoxy groups -OCH3 is 1. The maximum atomic E-state index is 12.7. The van der Waals surface area contributed by atoms with Crippen LogP contribution in [-0.2, 0) is 10.5 Å². The van der Waals surface area contributed by atoms with E-state index < -0.39 is 12.1 Å². The fourth-order valence-corrected chi connectivity index (χ4v) is 4.67. The summed E-state index contributed by atoms with van der Waals surface area (Å²) in [5.41, 5.74) is 1.82. The van der Waals surface area contributed by atoms with Crippen molar-refractivity contribution in [3.63, 3.8) is 0 Å². The van der Waals surface area contributed by atoms with Crippen LogP contribution in [0.5, 0.6) is 5.75 Å². The van der Waals surface area contributed by atoms with E-state index in [9.17, 15) is 9.59 Å². The van der Waals surface area contributed by atoms with Crippen molar-refractivity contribution in [2.24, 2.45) is 4.99 Å². The minimum atomic E-state index is -0.878. The van der Waals surface area contributed by atoms with E-state index in [1.54, 1.807) is 74.0 Å². The second kappa shape index (κ2) is 9.80. The first-order valence-corrected chi connectivity index (χ1v) is 10.8. The number of hydrogen-bond acceptors (Lipinski definition) is 7. The van der Waals surface area contributed by atoms with Crippen LogP contribution >= 0.6 is 23.5 Å². The van der Waals surface area contributed by atoms with Crippen molar-refractivity contribution in [2.45, 2.75) is 18.8 Å². The largest absolute Gasteiger partial charge is 0.497 e. The Morgan fingerprint density at radius 3 is 2.61 bits per heavy atom. The van der Waals surface area contributed by atoms with Gasteiger partial charge in [0.2, 0.25) is 5.78 Å². The molecule has 5 nitrogen and oxygen atoms in total. The molecule has 2 aromatic rings. The number of carbonyl (C=O) groups excluding carboxylic acids is 2. The fraction of sp³-hybridized carbons (Fsp3) is 0.286. The summed E-state index contributed by atoms with van der Waals surface area (Å²) in [7, 11) is 1.56. The molecule has 0 aliphatic carbocycles. The Labute approximate surface area is 172 Å². The molecule has 0 saturated carbocycles. The van der Waals surface area contributed by atoms with Crippen molar-refractivity contribution in [1.29, 1.82) is 0 Å². The third kappa shape index (κ3) is 5.17. The molecule has 0 aromatic heterocycles. The molecule has 0 radical (unpaired) electrons. The van der Waals surface area contributed by atoms with Crippen LogP contribution in [0.25, 0.3) is 0 Å². The molecule has 1 aliphatic rings. The summed E-state index contributed by atoms with van der Waals surface area (Å²) in [5.74, 6) is 1.57. The predicted molar refractivity (Wildman–Crippen MR) is 115 cm³/mol. The number of carbonyl (C=O) groups is 2. The van der Waals surface area contributed by atoms with Crippen molar-refractivity contribution < 1.29 is 19.1 Å². The Hall–Kier alpha value is -2.25. The highest BCUT2D eigenvalue weighted by Crippen LogP contribution is 2.27. The van der Waals surface area contributed by atoms with Crippen molar-refractivity contribution in [3.8, 4) is 5.75 Å². The fourth-order valence-electron chi connectivity index (χ4n) is 2.66. The number of ketones is 1. The second-order valence-corrected chi connectivity index (χ2v) is 8.39. The third-order valence-electron chi connectivity index (χ3n) is 4.17. The van der Waals surface area contributed by atoms with Crippen LogP contribution in [0.2, 0.25) is 0 Å². The standard InChI is InChI=1S/C21H21NO4S2/c1-14(19(23)15-7-9-17(25-2)10-8-15)26-20(24)18-6-4-3-5-16(18)13-28-21-22-11-12-27-21/h3-10,14H,11-13H2,1-2H3/t14-/m1/s1. The number of thioether (sulfide) groups is 2. The predicted octanol–water partition coefficient (Wildman–Crippen LogP) is 4.46. The van der Waals surface area contributed by atoms with Crippen LogP contribution in [0.1, 0.15) is 33.2 Å². The second-order valence-electron chi connectivity index (χ2n) is 6.08. The highest BCUT2D eigenvalue weighted by atomic mass is 32.2. The summed E-state index contributed by atoms with van der Waals surface area (Å²) in [6.45, 7) is 2.44. The van der Waals surface area contributed by atoms with Crippen LogP contribution in [0.15, 0.2) is 53.5 Å². The molecular weight excluding hydrogens is 394 g/mol. The van der Waals surface area contributed by atoms with E-state index in [2.05, 4.69) is 4.99 Å². The van der Waals surface area contributed by atoms with E-state index in [1.165, 1.54) is 0 Å². The molecular formula is C21H21NO4S2. The van der Waals surface area contributed by atoms with Gasteiger partial charge in [0, 0.05) is 17.1 Å². The molecule has 0 amide bonds. The van der Waals surface area contributed by atoms with E-state index in [0.717, 1.165) is 22.2 Å². The zero-order valence-electron chi connectivity index (χ0n) is 15.7. The zero-order chi connectivity index (χ0) is 19.9. The smallest absolute Gasteiger partial charge is 0.339 e. The first-order valence-electron chi connectivity index (χ1n) is 8.85. The lowest BCUT2D eigenvalue weighted by Gasteiger charge is -2.14. The maximum absolute atomic E-state index is 12.7. The van der Waals surface area contributed by atoms with Gasteiger partial charge in [-0.2, -0.15) is 0 Å². The summed E-state index contributed by atoms with van der Waals surface area (Å²) in [4.78, 5) is 29.6. The number of benzene rings is 2. The van der Waals surface area contributed by atoms with Gasteiger partial charge in [-0.25, -0.2) is 4.79 Å². The third-order valence-corrected chi connectivity index (χ3v) is 6.47. The summed E-state index contributed by atoms with van der Waals surface area (Å²) in [6.07, 6.45) is -0.878. The van der Waals surface area contributed by atoms with Gasteiger partial charge in [-0.1, -0.05) is 41.7 Å². The van der Waals surface area contributed by atoms with Crippen LogP contribution in [0.3, 0.4) is 0 Å². The highest BCUT2D eigenvalue weighted by molar-refractivity contribution is 8.38. The molecule has 0 spiro atoms. The molecule has 0 bridgehead atoms. The van der Waals surface area contributed by atoms with Crippen molar-refractivity contribution in [2.75, 3.05) is 19.4 Å². The van der Waals surface area contributed by atoms with Crippen LogP contribution < -0.4 is 4.74 Å². The molecule has 0 N–H and O–H groups in total. The van der Waals surface area contributed by atoms with Gasteiger partial charge >= 0.3 is 5.97 Å².